The molecule has 0 unspecified atom stereocenters. The van der Waals surface area contributed by atoms with Crippen LogP contribution in [0.25, 0.3) is 0 Å². The molecule has 0 amide bonds. The highest BCUT2D eigenvalue weighted by molar-refractivity contribution is 5.47. The minimum absolute atomic E-state index is 0.505. The fraction of sp³-hybridized carbons (Fsp3) is 0.308. The van der Waals surface area contributed by atoms with Crippen molar-refractivity contribution in [1.29, 1.82) is 0 Å². The molecule has 0 saturated carbocycles. The van der Waals surface area contributed by atoms with Crippen molar-refractivity contribution in [3.8, 4) is 0 Å². The lowest BCUT2D eigenvalue weighted by atomic mass is 10.2. The standard InChI is InChI=1S/C13H17N5/c1-3-18(9-11-4-6-15-7-5-11)13-8-12(14)16-10(2)17-13/h4-8H,3,9H2,1-2H3,(H2,14,16,17). The number of hydrogen-bond acceptors (Lipinski definition) is 5. The zero-order chi connectivity index (χ0) is 13.0. The molecule has 5 nitrogen and oxygen atoms in total. The van der Waals surface area contributed by atoms with Crippen LogP contribution in [0.1, 0.15) is 18.3 Å². The van der Waals surface area contributed by atoms with Crippen LogP contribution in [0.5, 0.6) is 0 Å². The normalized spacial score (nSPS) is 10.3. The smallest absolute Gasteiger partial charge is 0.134 e. The van der Waals surface area contributed by atoms with Crippen LogP contribution in [-0.4, -0.2) is 21.5 Å². The first kappa shape index (κ1) is 12.3. The molecule has 0 radical (unpaired) electrons. The Bertz CT molecular complexity index is 492. The van der Waals surface area contributed by atoms with Crippen molar-refractivity contribution in [3.63, 3.8) is 0 Å². The average Bonchev–Trinajstić information content (AvgIpc) is 2.36. The second-order valence-corrected chi connectivity index (χ2v) is 4.07. The Labute approximate surface area is 107 Å². The first-order chi connectivity index (χ1) is 8.69. The molecule has 0 aromatic carbocycles. The van der Waals surface area contributed by atoms with E-state index in [9.17, 15) is 0 Å². The van der Waals surface area contributed by atoms with Crippen molar-refractivity contribution in [2.75, 3.05) is 17.2 Å². The number of rotatable bonds is 4. The Balaban J connectivity index is 2.23. The number of aromatic nitrogens is 3. The maximum Gasteiger partial charge on any atom is 0.134 e. The SMILES string of the molecule is CCN(Cc1ccncc1)c1cc(N)nc(C)n1. The number of anilines is 2. The summed E-state index contributed by atoms with van der Waals surface area (Å²) in [6, 6.07) is 5.80. The highest BCUT2D eigenvalue weighted by atomic mass is 15.2. The van der Waals surface area contributed by atoms with Crippen molar-refractivity contribution < 1.29 is 0 Å². The lowest BCUT2D eigenvalue weighted by Crippen LogP contribution is -2.23. The predicted octanol–water partition coefficient (Wildman–Crippen LogP) is 1.79. The molecule has 0 fully saturated rings. The minimum atomic E-state index is 0.505. The zero-order valence-electron chi connectivity index (χ0n) is 10.7. The number of nitrogen functional groups attached to an aromatic ring is 1. The summed E-state index contributed by atoms with van der Waals surface area (Å²) in [7, 11) is 0. The van der Waals surface area contributed by atoms with E-state index in [-0.39, 0.29) is 0 Å². The van der Waals surface area contributed by atoms with Gasteiger partial charge in [0.25, 0.3) is 0 Å². The summed E-state index contributed by atoms with van der Waals surface area (Å²) in [4.78, 5) is 14.7. The van der Waals surface area contributed by atoms with Gasteiger partial charge in [-0.05, 0) is 31.5 Å². The maximum atomic E-state index is 5.76. The molecule has 18 heavy (non-hydrogen) atoms. The minimum Gasteiger partial charge on any atom is -0.384 e. The molecule has 0 saturated heterocycles. The van der Waals surface area contributed by atoms with Gasteiger partial charge >= 0.3 is 0 Å². The first-order valence-corrected chi connectivity index (χ1v) is 5.94. The van der Waals surface area contributed by atoms with Crippen LogP contribution in [0, 0.1) is 6.92 Å². The van der Waals surface area contributed by atoms with Gasteiger partial charge in [-0.3, -0.25) is 4.98 Å². The van der Waals surface area contributed by atoms with Gasteiger partial charge in [0, 0.05) is 31.5 Å². The Morgan fingerprint density at radius 2 is 1.94 bits per heavy atom. The highest BCUT2D eigenvalue weighted by Crippen LogP contribution is 2.16. The summed E-state index contributed by atoms with van der Waals surface area (Å²) in [6.07, 6.45) is 3.59. The summed E-state index contributed by atoms with van der Waals surface area (Å²) >= 11 is 0. The summed E-state index contributed by atoms with van der Waals surface area (Å²) < 4.78 is 0. The van der Waals surface area contributed by atoms with Crippen LogP contribution in [0.4, 0.5) is 11.6 Å². The van der Waals surface area contributed by atoms with Gasteiger partial charge in [-0.25, -0.2) is 9.97 Å². The summed E-state index contributed by atoms with van der Waals surface area (Å²) in [5.74, 6) is 2.06. The van der Waals surface area contributed by atoms with Gasteiger partial charge in [0.2, 0.25) is 0 Å². The molecule has 94 valence electrons. The van der Waals surface area contributed by atoms with Crippen LogP contribution >= 0.6 is 0 Å². The second-order valence-electron chi connectivity index (χ2n) is 4.07. The third-order valence-corrected chi connectivity index (χ3v) is 2.67. The summed E-state index contributed by atoms with van der Waals surface area (Å²) in [5.41, 5.74) is 6.95. The fourth-order valence-corrected chi connectivity index (χ4v) is 1.80. The zero-order valence-corrected chi connectivity index (χ0v) is 10.7. The van der Waals surface area contributed by atoms with E-state index in [0.717, 1.165) is 18.9 Å². The van der Waals surface area contributed by atoms with Gasteiger partial charge in [0.1, 0.15) is 17.5 Å². The monoisotopic (exact) mass is 243 g/mol. The Morgan fingerprint density at radius 3 is 2.56 bits per heavy atom. The van der Waals surface area contributed by atoms with E-state index in [4.69, 9.17) is 5.73 Å². The van der Waals surface area contributed by atoms with Crippen molar-refractivity contribution in [1.82, 2.24) is 15.0 Å². The number of aryl methyl sites for hydroxylation is 1. The lowest BCUT2D eigenvalue weighted by Gasteiger charge is -2.22. The first-order valence-electron chi connectivity index (χ1n) is 5.94. The molecule has 2 heterocycles. The molecule has 0 aliphatic rings. The van der Waals surface area contributed by atoms with Crippen molar-refractivity contribution in [3.05, 3.63) is 42.0 Å². The summed E-state index contributed by atoms with van der Waals surface area (Å²) in [5, 5.41) is 0. The molecule has 2 aromatic heterocycles. The van der Waals surface area contributed by atoms with Crippen LogP contribution < -0.4 is 10.6 Å². The molecule has 5 heteroatoms. The molecular weight excluding hydrogens is 226 g/mol. The third kappa shape index (κ3) is 2.94. The van der Waals surface area contributed by atoms with Crippen LogP contribution in [0.3, 0.4) is 0 Å². The van der Waals surface area contributed by atoms with Crippen molar-refractivity contribution in [2.45, 2.75) is 20.4 Å². The number of nitrogens with zero attached hydrogens (tertiary/aromatic N) is 4. The van der Waals surface area contributed by atoms with Gasteiger partial charge in [-0.2, -0.15) is 0 Å². The number of nitrogens with two attached hydrogens (primary N) is 1. The summed E-state index contributed by atoms with van der Waals surface area (Å²) in [6.45, 7) is 5.59. The molecule has 0 aliphatic heterocycles. The molecule has 0 aliphatic carbocycles. The van der Waals surface area contributed by atoms with Gasteiger partial charge < -0.3 is 10.6 Å². The van der Waals surface area contributed by atoms with Gasteiger partial charge in [0.05, 0.1) is 0 Å². The van der Waals surface area contributed by atoms with Crippen molar-refractivity contribution >= 4 is 11.6 Å². The molecule has 2 rings (SSSR count). The fourth-order valence-electron chi connectivity index (χ4n) is 1.80. The highest BCUT2D eigenvalue weighted by Gasteiger charge is 2.08. The van der Waals surface area contributed by atoms with E-state index >= 15 is 0 Å². The lowest BCUT2D eigenvalue weighted by molar-refractivity contribution is 0.804. The van der Waals surface area contributed by atoms with E-state index in [1.54, 1.807) is 18.5 Å². The Kier molecular flexibility index (Phi) is 3.72. The van der Waals surface area contributed by atoms with E-state index in [1.165, 1.54) is 5.56 Å². The molecule has 2 aromatic rings. The predicted molar refractivity (Wildman–Crippen MR) is 72.1 cm³/mol. The van der Waals surface area contributed by atoms with Gasteiger partial charge in [-0.15, -0.1) is 0 Å². The Hall–Kier alpha value is -2.17. The van der Waals surface area contributed by atoms with Gasteiger partial charge in [-0.1, -0.05) is 0 Å². The number of hydrogen-bond donors (Lipinski definition) is 1. The van der Waals surface area contributed by atoms with Crippen LogP contribution in [0.2, 0.25) is 0 Å². The third-order valence-electron chi connectivity index (χ3n) is 2.67. The van der Waals surface area contributed by atoms with E-state index in [0.29, 0.717) is 11.6 Å². The quantitative estimate of drug-likeness (QED) is 0.886. The molecule has 0 spiro atoms. The molecular formula is C13H17N5. The molecule has 0 bridgehead atoms. The largest absolute Gasteiger partial charge is 0.384 e. The van der Waals surface area contributed by atoms with Crippen LogP contribution in [-0.2, 0) is 6.54 Å². The Morgan fingerprint density at radius 1 is 1.22 bits per heavy atom. The molecule has 0 atom stereocenters. The van der Waals surface area contributed by atoms with E-state index in [1.807, 2.05) is 19.1 Å². The topological polar surface area (TPSA) is 67.9 Å². The molecule has 2 N–H and O–H groups in total. The average molecular weight is 243 g/mol. The van der Waals surface area contributed by atoms with Gasteiger partial charge in [0.15, 0.2) is 0 Å². The van der Waals surface area contributed by atoms with E-state index < -0.39 is 0 Å². The van der Waals surface area contributed by atoms with Crippen molar-refractivity contribution in [2.24, 2.45) is 0 Å². The second kappa shape index (κ2) is 5.44. The maximum absolute atomic E-state index is 5.76. The van der Waals surface area contributed by atoms with E-state index in [2.05, 4.69) is 26.8 Å². The van der Waals surface area contributed by atoms with Crippen LogP contribution in [0.15, 0.2) is 30.6 Å². The number of pyridine rings is 1.